The minimum absolute atomic E-state index is 0.192. The molecule has 1 aromatic rings. The average molecular weight is 193 g/mol. The van der Waals surface area contributed by atoms with Gasteiger partial charge in [-0.3, -0.25) is 9.78 Å². The highest BCUT2D eigenvalue weighted by atomic mass is 19.4. The van der Waals surface area contributed by atoms with E-state index >= 15 is 0 Å². The summed E-state index contributed by atoms with van der Waals surface area (Å²) in [4.78, 5) is 17.6. The number of primary amides is 1. The molecule has 0 atom stereocenters. The normalized spacial score (nSPS) is 8.92. The summed E-state index contributed by atoms with van der Waals surface area (Å²) < 4.78 is 29.0. The Morgan fingerprint density at radius 2 is 1.92 bits per heavy atom. The number of hydrogen-bond acceptors (Lipinski definition) is 3. The van der Waals surface area contributed by atoms with Gasteiger partial charge in [0.25, 0.3) is 5.91 Å². The number of carbonyl (C=O) groups excluding carboxylic acids is 1. The van der Waals surface area contributed by atoms with Crippen LogP contribution in [0.15, 0.2) is 18.6 Å². The minimum Gasteiger partial charge on any atom is -0.364 e. The minimum atomic E-state index is -3.67. The Balaban J connectivity index is 0.000000310. The summed E-state index contributed by atoms with van der Waals surface area (Å²) in [7, 11) is 0. The van der Waals surface area contributed by atoms with E-state index in [1.54, 1.807) is 0 Å². The molecule has 72 valence electrons. The fourth-order valence-electron chi connectivity index (χ4n) is 0.426. The second kappa shape index (κ2) is 5.92. The highest BCUT2D eigenvalue weighted by molar-refractivity contribution is 5.90. The van der Waals surface area contributed by atoms with Crippen LogP contribution in [0.3, 0.4) is 0 Å². The smallest absolute Gasteiger partial charge is 0.364 e. The van der Waals surface area contributed by atoms with E-state index < -0.39 is 12.6 Å². The van der Waals surface area contributed by atoms with Crippen LogP contribution in [0, 0.1) is 0 Å². The molecular weight excluding hydrogens is 187 g/mol. The maximum absolute atomic E-state index is 10.3. The van der Waals surface area contributed by atoms with Gasteiger partial charge in [0.1, 0.15) is 5.69 Å². The molecule has 7 heteroatoms. The monoisotopic (exact) mass is 193 g/mol. The standard InChI is InChI=1S/C5H5N3O.CHF3/c6-5(9)4-3-7-1-2-8-4;2-1(3)4/h1-3H,(H2,6,9);1H. The van der Waals surface area contributed by atoms with E-state index in [-0.39, 0.29) is 5.69 Å². The van der Waals surface area contributed by atoms with Crippen LogP contribution in [0.2, 0.25) is 0 Å². The lowest BCUT2D eigenvalue weighted by atomic mass is 10.4. The van der Waals surface area contributed by atoms with Crippen molar-refractivity contribution in [2.24, 2.45) is 5.73 Å². The van der Waals surface area contributed by atoms with Gasteiger partial charge in [-0.05, 0) is 0 Å². The Morgan fingerprint density at radius 3 is 2.15 bits per heavy atom. The molecule has 0 radical (unpaired) electrons. The number of aromatic nitrogens is 2. The van der Waals surface area contributed by atoms with Gasteiger partial charge in [0.2, 0.25) is 0 Å². The summed E-state index contributed by atoms with van der Waals surface area (Å²) in [5.41, 5.74) is 5.06. The molecule has 1 rings (SSSR count). The number of halogens is 3. The van der Waals surface area contributed by atoms with E-state index in [0.29, 0.717) is 0 Å². The van der Waals surface area contributed by atoms with Gasteiger partial charge in [-0.15, -0.1) is 0 Å². The van der Waals surface area contributed by atoms with Crippen molar-refractivity contribution in [3.8, 4) is 0 Å². The number of nitrogens with two attached hydrogens (primary N) is 1. The van der Waals surface area contributed by atoms with Gasteiger partial charge >= 0.3 is 6.68 Å². The molecule has 0 unspecified atom stereocenters. The molecule has 0 bridgehead atoms. The quantitative estimate of drug-likeness (QED) is 0.715. The zero-order valence-corrected chi connectivity index (χ0v) is 6.32. The predicted molar refractivity (Wildman–Crippen MR) is 37.7 cm³/mol. The van der Waals surface area contributed by atoms with E-state index in [4.69, 9.17) is 5.73 Å². The van der Waals surface area contributed by atoms with Gasteiger partial charge in [-0.1, -0.05) is 0 Å². The maximum Gasteiger partial charge on any atom is 0.379 e. The molecule has 0 aromatic carbocycles. The van der Waals surface area contributed by atoms with Crippen molar-refractivity contribution < 1.29 is 18.0 Å². The Kier molecular flexibility index (Phi) is 5.17. The molecular formula is C6H6F3N3O. The molecule has 0 spiro atoms. The van der Waals surface area contributed by atoms with E-state index in [0.717, 1.165) is 0 Å². The van der Waals surface area contributed by atoms with Crippen molar-refractivity contribution in [2.45, 2.75) is 6.68 Å². The van der Waals surface area contributed by atoms with Gasteiger partial charge < -0.3 is 5.73 Å². The molecule has 0 fully saturated rings. The van der Waals surface area contributed by atoms with Crippen LogP contribution in [-0.4, -0.2) is 22.6 Å². The van der Waals surface area contributed by atoms with Crippen molar-refractivity contribution >= 4 is 5.91 Å². The molecule has 0 aliphatic rings. The van der Waals surface area contributed by atoms with E-state index in [2.05, 4.69) is 9.97 Å². The van der Waals surface area contributed by atoms with Crippen LogP contribution in [0.25, 0.3) is 0 Å². The third kappa shape index (κ3) is 6.73. The zero-order valence-electron chi connectivity index (χ0n) is 6.32. The number of alkyl halides is 3. The van der Waals surface area contributed by atoms with Crippen LogP contribution < -0.4 is 5.73 Å². The van der Waals surface area contributed by atoms with Gasteiger partial charge in [0.05, 0.1) is 6.20 Å². The largest absolute Gasteiger partial charge is 0.379 e. The first-order chi connectivity index (χ1) is 6.04. The lowest BCUT2D eigenvalue weighted by molar-refractivity contribution is 0.00819. The van der Waals surface area contributed by atoms with E-state index in [1.165, 1.54) is 18.6 Å². The SMILES string of the molecule is FC(F)F.NC(=O)c1cnccn1. The van der Waals surface area contributed by atoms with Crippen molar-refractivity contribution in [3.05, 3.63) is 24.3 Å². The van der Waals surface area contributed by atoms with Gasteiger partial charge in [0, 0.05) is 12.4 Å². The van der Waals surface area contributed by atoms with Crippen molar-refractivity contribution in [2.75, 3.05) is 0 Å². The number of hydrogen-bond donors (Lipinski definition) is 1. The van der Waals surface area contributed by atoms with Crippen molar-refractivity contribution in [1.82, 2.24) is 9.97 Å². The summed E-state index contributed by atoms with van der Waals surface area (Å²) >= 11 is 0. The van der Waals surface area contributed by atoms with E-state index in [9.17, 15) is 18.0 Å². The lowest BCUT2D eigenvalue weighted by Gasteiger charge is -1.87. The van der Waals surface area contributed by atoms with Gasteiger partial charge in [-0.25, -0.2) is 4.98 Å². The molecule has 0 saturated heterocycles. The number of carbonyl (C=O) groups is 1. The van der Waals surface area contributed by atoms with Crippen molar-refractivity contribution in [1.29, 1.82) is 0 Å². The number of nitrogens with zero attached hydrogens (tertiary/aromatic N) is 2. The second-order valence-electron chi connectivity index (χ2n) is 1.70. The molecule has 0 aliphatic heterocycles. The predicted octanol–water partition coefficient (Wildman–Crippen LogP) is 0.754. The third-order valence-electron chi connectivity index (χ3n) is 0.816. The fraction of sp³-hybridized carbons (Fsp3) is 0.167. The number of rotatable bonds is 1. The maximum atomic E-state index is 10.3. The molecule has 13 heavy (non-hydrogen) atoms. The molecule has 1 aromatic heterocycles. The van der Waals surface area contributed by atoms with Crippen LogP contribution in [0.1, 0.15) is 10.5 Å². The van der Waals surface area contributed by atoms with Crippen LogP contribution in [0.5, 0.6) is 0 Å². The van der Waals surface area contributed by atoms with Gasteiger partial charge in [-0.2, -0.15) is 13.2 Å². The van der Waals surface area contributed by atoms with Crippen LogP contribution in [0.4, 0.5) is 13.2 Å². The highest BCUT2D eigenvalue weighted by Crippen LogP contribution is 1.87. The topological polar surface area (TPSA) is 68.9 Å². The summed E-state index contributed by atoms with van der Waals surface area (Å²) in [6, 6.07) is 0. The summed E-state index contributed by atoms with van der Waals surface area (Å²) in [6.07, 6.45) is 4.22. The molecule has 1 amide bonds. The Hall–Kier alpha value is -1.66. The fourth-order valence-corrected chi connectivity index (χ4v) is 0.426. The summed E-state index contributed by atoms with van der Waals surface area (Å²) in [5.74, 6) is -0.553. The first-order valence-corrected chi connectivity index (χ1v) is 3.02. The lowest BCUT2D eigenvalue weighted by Crippen LogP contribution is -2.12. The second-order valence-corrected chi connectivity index (χ2v) is 1.70. The first-order valence-electron chi connectivity index (χ1n) is 3.02. The molecule has 0 aliphatic carbocycles. The summed E-state index contributed by atoms with van der Waals surface area (Å²) in [5, 5.41) is 0. The highest BCUT2D eigenvalue weighted by Gasteiger charge is 1.97. The Labute approximate surface area is 71.6 Å². The third-order valence-corrected chi connectivity index (χ3v) is 0.816. The van der Waals surface area contributed by atoms with Crippen molar-refractivity contribution in [3.63, 3.8) is 0 Å². The van der Waals surface area contributed by atoms with E-state index in [1.807, 2.05) is 0 Å². The van der Waals surface area contributed by atoms with Crippen LogP contribution >= 0.6 is 0 Å². The summed E-state index contributed by atoms with van der Waals surface area (Å²) in [6.45, 7) is -3.67. The number of amides is 1. The Bertz CT molecular complexity index is 252. The average Bonchev–Trinajstić information content (AvgIpc) is 2.05. The van der Waals surface area contributed by atoms with Gasteiger partial charge in [0.15, 0.2) is 0 Å². The molecule has 1 heterocycles. The Morgan fingerprint density at radius 1 is 1.38 bits per heavy atom. The molecule has 0 saturated carbocycles. The zero-order chi connectivity index (χ0) is 10.3. The van der Waals surface area contributed by atoms with Crippen LogP contribution in [-0.2, 0) is 0 Å². The molecule has 2 N–H and O–H groups in total. The molecule has 4 nitrogen and oxygen atoms in total. The first kappa shape index (κ1) is 11.3.